The Morgan fingerprint density at radius 2 is 1.39 bits per heavy atom. The quantitative estimate of drug-likeness (QED) is 0.357. The number of hydrogen-bond donors (Lipinski definition) is 1. The smallest absolute Gasteiger partial charge is 0.264 e. The number of ether oxygens (including phenoxy) is 1. The van der Waals surface area contributed by atoms with E-state index in [9.17, 15) is 13.2 Å². The van der Waals surface area contributed by atoms with Crippen molar-refractivity contribution in [2.45, 2.75) is 4.90 Å². The molecule has 4 aromatic carbocycles. The number of fused-ring (bicyclic) bond motifs is 1. The van der Waals surface area contributed by atoms with E-state index in [-0.39, 0.29) is 4.90 Å². The van der Waals surface area contributed by atoms with Gasteiger partial charge in [0.05, 0.1) is 4.90 Å². The Morgan fingerprint density at radius 3 is 2.11 bits per heavy atom. The minimum Gasteiger partial charge on any atom is -0.488 e. The van der Waals surface area contributed by atoms with Gasteiger partial charge in [-0.05, 0) is 46.5 Å². The Kier molecular flexibility index (Phi) is 6.52. The lowest BCUT2D eigenvalue weighted by Crippen LogP contribution is -2.28. The van der Waals surface area contributed by atoms with Gasteiger partial charge in [0.1, 0.15) is 12.4 Å². The maximum Gasteiger partial charge on any atom is 0.264 e. The molecule has 6 heteroatoms. The topological polar surface area (TPSA) is 72.5 Å². The van der Waals surface area contributed by atoms with Crippen molar-refractivity contribution < 1.29 is 17.9 Å². The Bertz CT molecular complexity index is 1560. The van der Waals surface area contributed by atoms with E-state index in [4.69, 9.17) is 4.74 Å². The zero-order valence-corrected chi connectivity index (χ0v) is 20.1. The monoisotopic (exact) mass is 493 g/mol. The number of nitrogens with one attached hydrogen (secondary N) is 1. The van der Waals surface area contributed by atoms with Crippen LogP contribution in [0.25, 0.3) is 17.2 Å². The van der Waals surface area contributed by atoms with Gasteiger partial charge in [-0.2, -0.15) is 0 Å². The largest absolute Gasteiger partial charge is 0.488 e. The molecule has 0 atom stereocenters. The standard InChI is InChI=1S/C30H23NO4S/c32-29(31-36(33,34)25-11-5-2-6-12-25)20-17-22-15-18-24(19-16-22)30-26-13-7-8-14-28(26)35-21-27(30)23-9-3-1-4-10-23/h1-20H,21H2,(H,31,32). The molecule has 0 spiro atoms. The van der Waals surface area contributed by atoms with Crippen molar-refractivity contribution in [3.8, 4) is 5.75 Å². The molecule has 0 radical (unpaired) electrons. The third-order valence-electron chi connectivity index (χ3n) is 5.87. The van der Waals surface area contributed by atoms with E-state index >= 15 is 0 Å². The van der Waals surface area contributed by atoms with Crippen LogP contribution >= 0.6 is 0 Å². The maximum absolute atomic E-state index is 12.3. The van der Waals surface area contributed by atoms with Gasteiger partial charge >= 0.3 is 0 Å². The Balaban J connectivity index is 1.41. The number of rotatable bonds is 6. The normalized spacial score (nSPS) is 13.2. The molecule has 4 aromatic rings. The van der Waals surface area contributed by atoms with Crippen LogP contribution in [0.3, 0.4) is 0 Å². The summed E-state index contributed by atoms with van der Waals surface area (Å²) in [6, 6.07) is 33.7. The summed E-state index contributed by atoms with van der Waals surface area (Å²) in [4.78, 5) is 12.3. The molecule has 0 aliphatic carbocycles. The molecule has 0 saturated carbocycles. The number of benzene rings is 4. The zero-order chi connectivity index (χ0) is 25.0. The Morgan fingerprint density at radius 1 is 0.750 bits per heavy atom. The number of sulfonamides is 1. The van der Waals surface area contributed by atoms with Crippen molar-refractivity contribution in [2.75, 3.05) is 6.61 Å². The Labute approximate surface area is 210 Å². The van der Waals surface area contributed by atoms with E-state index < -0.39 is 15.9 Å². The molecule has 0 bridgehead atoms. The first-order valence-electron chi connectivity index (χ1n) is 11.4. The second-order valence-corrected chi connectivity index (χ2v) is 9.92. The fraction of sp³-hybridized carbons (Fsp3) is 0.0333. The first-order chi connectivity index (χ1) is 17.5. The summed E-state index contributed by atoms with van der Waals surface area (Å²) in [6.45, 7) is 0.466. The van der Waals surface area contributed by atoms with Crippen molar-refractivity contribution in [3.63, 3.8) is 0 Å². The van der Waals surface area contributed by atoms with E-state index in [1.165, 1.54) is 18.2 Å². The van der Waals surface area contributed by atoms with E-state index in [2.05, 4.69) is 22.9 Å². The summed E-state index contributed by atoms with van der Waals surface area (Å²) < 4.78 is 32.8. The van der Waals surface area contributed by atoms with Gasteiger partial charge in [-0.15, -0.1) is 0 Å². The van der Waals surface area contributed by atoms with Crippen LogP contribution in [0.15, 0.2) is 120 Å². The molecule has 1 heterocycles. The van der Waals surface area contributed by atoms with E-state index in [1.54, 1.807) is 24.3 Å². The lowest BCUT2D eigenvalue weighted by Gasteiger charge is -2.25. The summed E-state index contributed by atoms with van der Waals surface area (Å²) in [5.41, 5.74) is 6.12. The molecule has 1 amide bonds. The van der Waals surface area contributed by atoms with Gasteiger partial charge in [-0.25, -0.2) is 13.1 Å². The van der Waals surface area contributed by atoms with Gasteiger partial charge in [-0.3, -0.25) is 4.79 Å². The first kappa shape index (κ1) is 23.3. The molecule has 1 aliphatic rings. The van der Waals surface area contributed by atoms with Crippen LogP contribution in [0.4, 0.5) is 0 Å². The molecule has 1 aliphatic heterocycles. The van der Waals surface area contributed by atoms with Crippen molar-refractivity contribution in [1.82, 2.24) is 4.72 Å². The van der Waals surface area contributed by atoms with Gasteiger partial charge in [0.2, 0.25) is 0 Å². The Hall–Kier alpha value is -4.42. The molecular formula is C30H23NO4S. The molecule has 36 heavy (non-hydrogen) atoms. The van der Waals surface area contributed by atoms with Crippen LogP contribution in [0.2, 0.25) is 0 Å². The number of carbonyl (C=O) groups excluding carboxylic acids is 1. The zero-order valence-electron chi connectivity index (χ0n) is 19.3. The van der Waals surface area contributed by atoms with Crippen LogP contribution in [0.1, 0.15) is 22.3 Å². The predicted molar refractivity (Wildman–Crippen MR) is 142 cm³/mol. The second-order valence-electron chi connectivity index (χ2n) is 8.24. The highest BCUT2D eigenvalue weighted by atomic mass is 32.2. The third-order valence-corrected chi connectivity index (χ3v) is 7.23. The van der Waals surface area contributed by atoms with Crippen LogP contribution in [-0.4, -0.2) is 20.9 Å². The summed E-state index contributed by atoms with van der Waals surface area (Å²) in [6.07, 6.45) is 2.80. The van der Waals surface area contributed by atoms with Gasteiger partial charge in [-0.1, -0.05) is 91.0 Å². The number of amides is 1. The lowest BCUT2D eigenvalue weighted by molar-refractivity contribution is -0.114. The first-order valence-corrected chi connectivity index (χ1v) is 12.9. The molecule has 0 saturated heterocycles. The summed E-state index contributed by atoms with van der Waals surface area (Å²) >= 11 is 0. The molecule has 1 N–H and O–H groups in total. The van der Waals surface area contributed by atoms with Crippen LogP contribution < -0.4 is 9.46 Å². The van der Waals surface area contributed by atoms with Crippen molar-refractivity contribution in [2.24, 2.45) is 0 Å². The number of carbonyl (C=O) groups is 1. The SMILES string of the molecule is O=C(C=Cc1ccc(C2=C(c3ccccc3)COc3ccccc32)cc1)NS(=O)(=O)c1ccccc1. The average Bonchev–Trinajstić information content (AvgIpc) is 2.92. The third kappa shape index (κ3) is 4.99. The minimum atomic E-state index is -3.91. The van der Waals surface area contributed by atoms with E-state index in [0.29, 0.717) is 6.61 Å². The van der Waals surface area contributed by atoms with Gasteiger partial charge in [0.25, 0.3) is 15.9 Å². The molecule has 5 nitrogen and oxygen atoms in total. The number of hydrogen-bond acceptors (Lipinski definition) is 4. The van der Waals surface area contributed by atoms with Crippen molar-refractivity contribution in [3.05, 3.63) is 138 Å². The van der Waals surface area contributed by atoms with Crippen molar-refractivity contribution in [1.29, 1.82) is 0 Å². The van der Waals surface area contributed by atoms with Gasteiger partial charge in [0, 0.05) is 17.2 Å². The molecular weight excluding hydrogens is 470 g/mol. The minimum absolute atomic E-state index is 0.0374. The number of para-hydroxylation sites is 1. The summed E-state index contributed by atoms with van der Waals surface area (Å²) in [5.74, 6) is 0.128. The van der Waals surface area contributed by atoms with Gasteiger partial charge < -0.3 is 4.74 Å². The fourth-order valence-electron chi connectivity index (χ4n) is 4.14. The molecule has 0 aromatic heterocycles. The van der Waals surface area contributed by atoms with Crippen LogP contribution in [0.5, 0.6) is 5.75 Å². The highest BCUT2D eigenvalue weighted by Crippen LogP contribution is 2.40. The van der Waals surface area contributed by atoms with E-state index in [0.717, 1.165) is 39.1 Å². The average molecular weight is 494 g/mol. The molecule has 0 unspecified atom stereocenters. The predicted octanol–water partition coefficient (Wildman–Crippen LogP) is 5.56. The highest BCUT2D eigenvalue weighted by molar-refractivity contribution is 7.90. The fourth-order valence-corrected chi connectivity index (χ4v) is 5.10. The maximum atomic E-state index is 12.3. The van der Waals surface area contributed by atoms with Crippen LogP contribution in [0, 0.1) is 0 Å². The van der Waals surface area contributed by atoms with Gasteiger partial charge in [0.15, 0.2) is 0 Å². The molecule has 0 fully saturated rings. The summed E-state index contributed by atoms with van der Waals surface area (Å²) in [7, 11) is -3.91. The summed E-state index contributed by atoms with van der Waals surface area (Å²) in [5, 5.41) is 0. The molecule has 5 rings (SSSR count). The van der Waals surface area contributed by atoms with Crippen molar-refractivity contribution >= 4 is 33.2 Å². The molecule has 178 valence electrons. The second kappa shape index (κ2) is 10.1. The lowest BCUT2D eigenvalue weighted by atomic mass is 9.87. The van der Waals surface area contributed by atoms with E-state index in [1.807, 2.05) is 60.7 Å². The highest BCUT2D eigenvalue weighted by Gasteiger charge is 2.22. The van der Waals surface area contributed by atoms with Crippen LogP contribution in [-0.2, 0) is 14.8 Å².